The maximum absolute atomic E-state index is 12.4. The lowest BCUT2D eigenvalue weighted by Gasteiger charge is -2.33. The third kappa shape index (κ3) is 4.02. The van der Waals surface area contributed by atoms with E-state index in [9.17, 15) is 4.79 Å². The number of hydrogen-bond donors (Lipinski definition) is 3. The molecular formula is C17H26N5OS2+. The van der Waals surface area contributed by atoms with E-state index < -0.39 is 0 Å². The molecule has 0 atom stereocenters. The molecule has 3 rings (SSSR count). The number of thiocarbonyl (C=S) groups is 1. The summed E-state index contributed by atoms with van der Waals surface area (Å²) in [4.78, 5) is 25.8. The number of fused-ring (bicyclic) bond motifs is 1. The van der Waals surface area contributed by atoms with E-state index >= 15 is 0 Å². The molecule has 8 heteroatoms. The molecule has 0 amide bonds. The average Bonchev–Trinajstić information content (AvgIpc) is 2.88. The first-order chi connectivity index (χ1) is 12.0. The maximum Gasteiger partial charge on any atom is 0.260 e. The average molecular weight is 381 g/mol. The number of nitrogens with one attached hydrogen (secondary N) is 3. The van der Waals surface area contributed by atoms with Gasteiger partial charge in [0.15, 0.2) is 10.9 Å². The molecule has 0 bridgehead atoms. The van der Waals surface area contributed by atoms with E-state index in [-0.39, 0.29) is 5.56 Å². The summed E-state index contributed by atoms with van der Waals surface area (Å²) in [6.45, 7) is 11.7. The highest BCUT2D eigenvalue weighted by Crippen LogP contribution is 2.25. The Bertz CT molecular complexity index is 820. The van der Waals surface area contributed by atoms with Crippen molar-refractivity contribution in [1.82, 2.24) is 20.2 Å². The molecule has 0 saturated carbocycles. The lowest BCUT2D eigenvalue weighted by atomic mass is 10.2. The summed E-state index contributed by atoms with van der Waals surface area (Å²) in [5.41, 5.74) is 1.04. The van der Waals surface area contributed by atoms with Crippen LogP contribution in [0.25, 0.3) is 10.2 Å². The standard InChI is InChI=1S/C17H25N5OS2/c1-4-5-18-17(24)22-8-6-21(7-9-22)10-13-19-15(23)14-11(2)12(3)25-16(14)20-13/h4-10H2,1-3H3,(H,18,24)(H,19,20,23)/p+1. The summed E-state index contributed by atoms with van der Waals surface area (Å²) < 4.78 is 0. The van der Waals surface area contributed by atoms with E-state index in [1.54, 1.807) is 11.3 Å². The lowest BCUT2D eigenvalue weighted by Crippen LogP contribution is -3.13. The second-order valence-corrected chi connectivity index (χ2v) is 8.21. The number of thiophene rings is 1. The highest BCUT2D eigenvalue weighted by Gasteiger charge is 2.23. The Morgan fingerprint density at radius 2 is 2.12 bits per heavy atom. The Hall–Kier alpha value is -1.51. The van der Waals surface area contributed by atoms with Crippen LogP contribution in [-0.4, -0.2) is 52.7 Å². The Morgan fingerprint density at radius 1 is 1.40 bits per heavy atom. The molecule has 2 aromatic heterocycles. The molecule has 136 valence electrons. The smallest absolute Gasteiger partial charge is 0.260 e. The number of aromatic amines is 1. The number of aryl methyl sites for hydroxylation is 2. The molecule has 1 aliphatic heterocycles. The molecule has 3 heterocycles. The van der Waals surface area contributed by atoms with Crippen LogP contribution in [0.1, 0.15) is 29.6 Å². The second kappa shape index (κ2) is 7.80. The van der Waals surface area contributed by atoms with Crippen LogP contribution in [0.3, 0.4) is 0 Å². The minimum atomic E-state index is -0.00942. The fourth-order valence-corrected chi connectivity index (χ4v) is 4.50. The topological polar surface area (TPSA) is 65.5 Å². The van der Waals surface area contributed by atoms with Gasteiger partial charge in [0.2, 0.25) is 0 Å². The van der Waals surface area contributed by atoms with Gasteiger partial charge < -0.3 is 20.1 Å². The third-order valence-electron chi connectivity index (χ3n) is 4.79. The van der Waals surface area contributed by atoms with Crippen LogP contribution >= 0.6 is 23.6 Å². The summed E-state index contributed by atoms with van der Waals surface area (Å²) in [5, 5.41) is 4.90. The van der Waals surface area contributed by atoms with Gasteiger partial charge >= 0.3 is 0 Å². The van der Waals surface area contributed by atoms with Crippen molar-refractivity contribution in [3.63, 3.8) is 0 Å². The summed E-state index contributed by atoms with van der Waals surface area (Å²) in [7, 11) is 0. The number of piperazine rings is 1. The molecule has 0 aliphatic carbocycles. The van der Waals surface area contributed by atoms with E-state index in [2.05, 4.69) is 22.1 Å². The zero-order valence-electron chi connectivity index (χ0n) is 15.1. The number of rotatable bonds is 4. The van der Waals surface area contributed by atoms with Crippen molar-refractivity contribution in [3.8, 4) is 0 Å². The van der Waals surface area contributed by atoms with Crippen molar-refractivity contribution in [2.45, 2.75) is 33.7 Å². The van der Waals surface area contributed by atoms with Crippen molar-refractivity contribution < 1.29 is 4.90 Å². The molecule has 2 aromatic rings. The first kappa shape index (κ1) is 18.3. The van der Waals surface area contributed by atoms with Gasteiger partial charge in [0.25, 0.3) is 5.56 Å². The van der Waals surface area contributed by atoms with E-state index in [1.165, 1.54) is 9.78 Å². The van der Waals surface area contributed by atoms with Crippen LogP contribution in [0, 0.1) is 13.8 Å². The van der Waals surface area contributed by atoms with Crippen molar-refractivity contribution in [1.29, 1.82) is 0 Å². The molecule has 0 unspecified atom stereocenters. The number of hydrogen-bond acceptors (Lipinski definition) is 4. The number of aromatic nitrogens is 2. The van der Waals surface area contributed by atoms with Gasteiger partial charge in [-0.05, 0) is 38.0 Å². The highest BCUT2D eigenvalue weighted by atomic mass is 32.1. The van der Waals surface area contributed by atoms with Crippen LogP contribution in [0.5, 0.6) is 0 Å². The van der Waals surface area contributed by atoms with Crippen LogP contribution in [0.2, 0.25) is 0 Å². The minimum Gasteiger partial charge on any atom is -0.363 e. The van der Waals surface area contributed by atoms with Crippen molar-refractivity contribution in [2.24, 2.45) is 0 Å². The van der Waals surface area contributed by atoms with Gasteiger partial charge in [0.1, 0.15) is 11.4 Å². The second-order valence-electron chi connectivity index (χ2n) is 6.62. The third-order valence-corrected chi connectivity index (χ3v) is 6.29. The monoisotopic (exact) mass is 380 g/mol. The first-order valence-electron chi connectivity index (χ1n) is 8.84. The molecule has 0 radical (unpaired) electrons. The van der Waals surface area contributed by atoms with Crippen LogP contribution in [0.15, 0.2) is 4.79 Å². The predicted molar refractivity (Wildman–Crippen MR) is 107 cm³/mol. The Kier molecular flexibility index (Phi) is 5.71. The fourth-order valence-electron chi connectivity index (χ4n) is 3.17. The van der Waals surface area contributed by atoms with Crippen molar-refractivity contribution in [2.75, 3.05) is 32.7 Å². The summed E-state index contributed by atoms with van der Waals surface area (Å²) >= 11 is 7.05. The minimum absolute atomic E-state index is 0.00942. The van der Waals surface area contributed by atoms with Gasteiger partial charge in [0, 0.05) is 11.4 Å². The van der Waals surface area contributed by atoms with E-state index in [0.29, 0.717) is 0 Å². The normalized spacial score (nSPS) is 15.7. The summed E-state index contributed by atoms with van der Waals surface area (Å²) in [6.07, 6.45) is 1.08. The summed E-state index contributed by atoms with van der Waals surface area (Å²) in [5.74, 6) is 0.786. The predicted octanol–water partition coefficient (Wildman–Crippen LogP) is 0.586. The van der Waals surface area contributed by atoms with E-state index in [1.807, 2.05) is 13.8 Å². The largest absolute Gasteiger partial charge is 0.363 e. The van der Waals surface area contributed by atoms with E-state index in [4.69, 9.17) is 17.2 Å². The highest BCUT2D eigenvalue weighted by molar-refractivity contribution is 7.80. The van der Waals surface area contributed by atoms with Gasteiger partial charge in [0.05, 0.1) is 31.6 Å². The molecular weight excluding hydrogens is 354 g/mol. The van der Waals surface area contributed by atoms with E-state index in [0.717, 1.165) is 72.4 Å². The first-order valence-corrected chi connectivity index (χ1v) is 10.1. The summed E-state index contributed by atoms with van der Waals surface area (Å²) in [6, 6.07) is 0. The van der Waals surface area contributed by atoms with Gasteiger partial charge in [-0.1, -0.05) is 6.92 Å². The quantitative estimate of drug-likeness (QED) is 0.678. The van der Waals surface area contributed by atoms with Crippen molar-refractivity contribution in [3.05, 3.63) is 26.6 Å². The zero-order chi connectivity index (χ0) is 18.0. The Labute approximate surface area is 157 Å². The lowest BCUT2D eigenvalue weighted by molar-refractivity contribution is -0.918. The SMILES string of the molecule is CCCNC(=S)N1CC[NH+](Cc2nc3sc(C)c(C)c3c(=O)[nH]2)CC1. The molecule has 3 N–H and O–H groups in total. The van der Waals surface area contributed by atoms with Crippen LogP contribution < -0.4 is 15.8 Å². The zero-order valence-corrected chi connectivity index (χ0v) is 16.7. The number of H-pyrrole nitrogens is 1. The van der Waals surface area contributed by atoms with Crippen LogP contribution in [0.4, 0.5) is 0 Å². The number of quaternary nitrogens is 1. The molecule has 0 spiro atoms. The van der Waals surface area contributed by atoms with Gasteiger partial charge in [-0.25, -0.2) is 4.98 Å². The van der Waals surface area contributed by atoms with Crippen molar-refractivity contribution >= 4 is 38.9 Å². The van der Waals surface area contributed by atoms with Crippen LogP contribution in [-0.2, 0) is 6.54 Å². The molecule has 0 aromatic carbocycles. The van der Waals surface area contributed by atoms with Gasteiger partial charge in [-0.3, -0.25) is 4.79 Å². The molecule has 1 saturated heterocycles. The Balaban J connectivity index is 1.63. The van der Waals surface area contributed by atoms with Gasteiger partial charge in [-0.2, -0.15) is 0 Å². The fraction of sp³-hybridized carbons (Fsp3) is 0.588. The Morgan fingerprint density at radius 3 is 2.80 bits per heavy atom. The molecule has 1 fully saturated rings. The number of nitrogens with zero attached hydrogens (tertiary/aromatic N) is 2. The molecule has 6 nitrogen and oxygen atoms in total. The van der Waals surface area contributed by atoms with Gasteiger partial charge in [-0.15, -0.1) is 11.3 Å². The maximum atomic E-state index is 12.4. The molecule has 25 heavy (non-hydrogen) atoms. The molecule has 1 aliphatic rings.